The van der Waals surface area contributed by atoms with E-state index in [1.165, 1.54) is 28.6 Å². The Morgan fingerprint density at radius 2 is 1.72 bits per heavy atom. The molecule has 1 atom stereocenters. The Kier molecular flexibility index (Phi) is 8.28. The average molecular weight is 479 g/mol. The highest BCUT2D eigenvalue weighted by Gasteiger charge is 2.36. The Morgan fingerprint density at radius 3 is 2.38 bits per heavy atom. The minimum atomic E-state index is -3.95. The molecule has 32 heavy (non-hydrogen) atoms. The van der Waals surface area contributed by atoms with Gasteiger partial charge in [-0.15, -0.1) is 0 Å². The number of aliphatic carboxylic acids is 1. The van der Waals surface area contributed by atoms with Gasteiger partial charge in [-0.05, 0) is 67.5 Å². The van der Waals surface area contributed by atoms with Crippen LogP contribution in [-0.2, 0) is 32.6 Å². The number of nitrogens with zero attached hydrogens (tertiary/aromatic N) is 1. The topological polar surface area (TPSA) is 104 Å². The molecule has 0 unspecified atom stereocenters. The second-order valence-corrected chi connectivity index (χ2v) is 10.2. The Hall–Kier alpha value is -2.42. The Bertz CT molecular complexity index is 1040. The molecule has 0 spiro atoms. The van der Waals surface area contributed by atoms with E-state index in [2.05, 4.69) is 5.32 Å². The summed E-state index contributed by atoms with van der Waals surface area (Å²) in [5.74, 6) is -1.11. The highest BCUT2D eigenvalue weighted by atomic mass is 35.5. The van der Waals surface area contributed by atoms with Crippen LogP contribution in [0.5, 0.6) is 0 Å². The number of carbonyl (C=O) groups is 2. The third kappa shape index (κ3) is 6.31. The van der Waals surface area contributed by atoms with Gasteiger partial charge < -0.3 is 10.4 Å². The zero-order valence-corrected chi connectivity index (χ0v) is 19.2. The first kappa shape index (κ1) is 24.2. The van der Waals surface area contributed by atoms with Gasteiger partial charge in [0.25, 0.3) is 0 Å². The van der Waals surface area contributed by atoms with Crippen molar-refractivity contribution in [3.05, 3.63) is 64.7 Å². The van der Waals surface area contributed by atoms with Crippen molar-refractivity contribution >= 4 is 33.5 Å². The van der Waals surface area contributed by atoms with E-state index < -0.39 is 22.0 Å². The van der Waals surface area contributed by atoms with Crippen LogP contribution in [0.25, 0.3) is 0 Å². The molecule has 1 amide bonds. The van der Waals surface area contributed by atoms with Gasteiger partial charge in [0.1, 0.15) is 6.04 Å². The molecule has 7 nitrogen and oxygen atoms in total. The number of carboxylic acids is 1. The fraction of sp³-hybridized carbons (Fsp3) is 0.391. The third-order valence-corrected chi connectivity index (χ3v) is 7.61. The molecular weight excluding hydrogens is 452 g/mol. The Labute approximate surface area is 193 Å². The number of benzene rings is 2. The fourth-order valence-corrected chi connectivity index (χ4v) is 5.47. The van der Waals surface area contributed by atoms with E-state index in [9.17, 15) is 18.0 Å². The summed E-state index contributed by atoms with van der Waals surface area (Å²) in [4.78, 5) is 23.5. The van der Waals surface area contributed by atoms with Crippen molar-refractivity contribution in [2.24, 2.45) is 0 Å². The molecule has 0 saturated carbocycles. The van der Waals surface area contributed by atoms with Gasteiger partial charge in [0.2, 0.25) is 15.9 Å². The molecule has 1 heterocycles. The number of aryl methyl sites for hydroxylation is 1. The first-order valence-corrected chi connectivity index (χ1v) is 12.4. The Balaban J connectivity index is 1.86. The number of sulfonamides is 1. The highest BCUT2D eigenvalue weighted by Crippen LogP contribution is 2.26. The SMILES string of the molecule is O=C(O)CCCc1ccc(CN([C@@H]2CCCCNC2=O)S(=O)(=O)c2ccc(Cl)cc2)cc1. The van der Waals surface area contributed by atoms with Crippen LogP contribution < -0.4 is 5.32 Å². The molecule has 0 aromatic heterocycles. The van der Waals surface area contributed by atoms with Crippen molar-refractivity contribution in [2.45, 2.75) is 56.0 Å². The van der Waals surface area contributed by atoms with Crippen molar-refractivity contribution in [3.8, 4) is 0 Å². The molecule has 1 aliphatic heterocycles. The van der Waals surface area contributed by atoms with E-state index in [4.69, 9.17) is 16.7 Å². The molecular formula is C23H27ClN2O5S. The van der Waals surface area contributed by atoms with Crippen molar-refractivity contribution in [1.29, 1.82) is 0 Å². The molecule has 1 fully saturated rings. The zero-order chi connectivity index (χ0) is 23.1. The molecule has 0 aliphatic carbocycles. The predicted molar refractivity (Wildman–Crippen MR) is 122 cm³/mol. The summed E-state index contributed by atoms with van der Waals surface area (Å²) in [7, 11) is -3.95. The summed E-state index contributed by atoms with van der Waals surface area (Å²) < 4.78 is 28.3. The fourth-order valence-electron chi connectivity index (χ4n) is 3.74. The number of hydrogen-bond acceptors (Lipinski definition) is 4. The van der Waals surface area contributed by atoms with Crippen molar-refractivity contribution in [1.82, 2.24) is 9.62 Å². The van der Waals surface area contributed by atoms with Gasteiger partial charge >= 0.3 is 5.97 Å². The molecule has 0 radical (unpaired) electrons. The number of amides is 1. The normalized spacial score (nSPS) is 17.1. The van der Waals surface area contributed by atoms with Gasteiger partial charge in [-0.25, -0.2) is 8.42 Å². The molecule has 9 heteroatoms. The predicted octanol–water partition coefficient (Wildman–Crippen LogP) is 3.61. The van der Waals surface area contributed by atoms with Crippen LogP contribution in [0.3, 0.4) is 0 Å². The van der Waals surface area contributed by atoms with Crippen LogP contribution >= 0.6 is 11.6 Å². The van der Waals surface area contributed by atoms with E-state index in [1.54, 1.807) is 0 Å². The summed E-state index contributed by atoms with van der Waals surface area (Å²) in [5, 5.41) is 12.0. The molecule has 1 aliphatic rings. The maximum Gasteiger partial charge on any atom is 0.303 e. The minimum absolute atomic E-state index is 0.0540. The van der Waals surface area contributed by atoms with Crippen LogP contribution in [0.15, 0.2) is 53.4 Å². The molecule has 2 N–H and O–H groups in total. The largest absolute Gasteiger partial charge is 0.481 e. The van der Waals surface area contributed by atoms with Gasteiger partial charge in [-0.2, -0.15) is 4.31 Å². The second kappa shape index (κ2) is 10.9. The van der Waals surface area contributed by atoms with Gasteiger partial charge in [0, 0.05) is 24.5 Å². The third-order valence-electron chi connectivity index (χ3n) is 5.49. The quantitative estimate of drug-likeness (QED) is 0.573. The van der Waals surface area contributed by atoms with Crippen LogP contribution in [-0.4, -0.2) is 42.3 Å². The van der Waals surface area contributed by atoms with Crippen molar-refractivity contribution in [3.63, 3.8) is 0 Å². The molecule has 0 bridgehead atoms. The maximum atomic E-state index is 13.5. The van der Waals surface area contributed by atoms with Crippen LogP contribution in [0.1, 0.15) is 43.2 Å². The first-order chi connectivity index (χ1) is 15.3. The highest BCUT2D eigenvalue weighted by molar-refractivity contribution is 7.89. The van der Waals surface area contributed by atoms with Crippen molar-refractivity contribution < 1.29 is 23.1 Å². The lowest BCUT2D eigenvalue weighted by Gasteiger charge is -2.29. The van der Waals surface area contributed by atoms with E-state index in [1.807, 2.05) is 24.3 Å². The van der Waals surface area contributed by atoms with E-state index in [-0.39, 0.29) is 23.8 Å². The first-order valence-electron chi connectivity index (χ1n) is 10.6. The Morgan fingerprint density at radius 1 is 1.06 bits per heavy atom. The van der Waals surface area contributed by atoms with Crippen molar-refractivity contribution in [2.75, 3.05) is 6.54 Å². The second-order valence-electron chi connectivity index (χ2n) is 7.87. The van der Waals surface area contributed by atoms with Gasteiger partial charge in [0.05, 0.1) is 4.90 Å². The van der Waals surface area contributed by atoms with Crippen LogP contribution in [0, 0.1) is 0 Å². The lowest BCUT2D eigenvalue weighted by atomic mass is 10.1. The lowest BCUT2D eigenvalue weighted by molar-refractivity contribution is -0.137. The average Bonchev–Trinajstić information content (AvgIpc) is 2.97. The molecule has 172 valence electrons. The minimum Gasteiger partial charge on any atom is -0.481 e. The summed E-state index contributed by atoms with van der Waals surface area (Å²) in [6.45, 7) is 0.591. The molecule has 2 aromatic carbocycles. The standard InChI is InChI=1S/C23H27ClN2O5S/c24-19-11-13-20(14-12-19)32(30,31)26(21-5-1-2-15-25-23(21)29)16-18-9-7-17(8-10-18)4-3-6-22(27)28/h7-14,21H,1-6,15-16H2,(H,25,29)(H,27,28)/t21-/m1/s1. The summed E-state index contributed by atoms with van der Waals surface area (Å²) in [5.41, 5.74) is 1.73. The number of halogens is 1. The maximum absolute atomic E-state index is 13.5. The number of rotatable bonds is 9. The van der Waals surface area contributed by atoms with Gasteiger partial charge in [-0.3, -0.25) is 9.59 Å². The molecule has 2 aromatic rings. The summed E-state index contributed by atoms with van der Waals surface area (Å²) in [6.07, 6.45) is 3.27. The van der Waals surface area contributed by atoms with Crippen LogP contribution in [0.4, 0.5) is 0 Å². The zero-order valence-electron chi connectivity index (χ0n) is 17.7. The number of hydrogen-bond donors (Lipinski definition) is 2. The summed E-state index contributed by atoms with van der Waals surface area (Å²) in [6, 6.07) is 12.5. The van der Waals surface area contributed by atoms with Gasteiger partial charge in [0.15, 0.2) is 0 Å². The van der Waals surface area contributed by atoms with Gasteiger partial charge in [-0.1, -0.05) is 35.9 Å². The lowest BCUT2D eigenvalue weighted by Crippen LogP contribution is -2.48. The van der Waals surface area contributed by atoms with E-state index >= 15 is 0 Å². The number of carbonyl (C=O) groups excluding carboxylic acids is 1. The van der Waals surface area contributed by atoms with E-state index in [0.717, 1.165) is 24.0 Å². The molecule has 3 rings (SSSR count). The molecule has 1 saturated heterocycles. The smallest absolute Gasteiger partial charge is 0.303 e. The number of carboxylic acid groups (broad SMARTS) is 1. The van der Waals surface area contributed by atoms with E-state index in [0.29, 0.717) is 30.8 Å². The number of nitrogens with one attached hydrogen (secondary N) is 1. The van der Waals surface area contributed by atoms with Crippen LogP contribution in [0.2, 0.25) is 5.02 Å². The monoisotopic (exact) mass is 478 g/mol. The summed E-state index contributed by atoms with van der Waals surface area (Å²) >= 11 is 5.93.